The molecule has 0 aliphatic carbocycles. The summed E-state index contributed by atoms with van der Waals surface area (Å²) >= 11 is 1.24. The summed E-state index contributed by atoms with van der Waals surface area (Å²) in [6.45, 7) is 5.53. The summed E-state index contributed by atoms with van der Waals surface area (Å²) in [5.74, 6) is -2.05. The van der Waals surface area contributed by atoms with E-state index in [1.807, 2.05) is 13.8 Å². The number of aliphatic hydroxyl groups is 1. The minimum absolute atomic E-state index is 0.134. The molecular formula is C23H19N3O5S. The van der Waals surface area contributed by atoms with Gasteiger partial charge < -0.3 is 5.11 Å². The van der Waals surface area contributed by atoms with E-state index in [9.17, 15) is 24.8 Å². The quantitative estimate of drug-likeness (QED) is 0.205. The first-order valence-corrected chi connectivity index (χ1v) is 10.6. The molecule has 1 fully saturated rings. The average molecular weight is 449 g/mol. The fraction of sp³-hybridized carbons (Fsp3) is 0.174. The van der Waals surface area contributed by atoms with Crippen LogP contribution < -0.4 is 4.90 Å². The minimum Gasteiger partial charge on any atom is -0.507 e. The van der Waals surface area contributed by atoms with Crippen LogP contribution in [0.2, 0.25) is 0 Å². The number of benzene rings is 2. The largest absolute Gasteiger partial charge is 0.507 e. The van der Waals surface area contributed by atoms with Crippen molar-refractivity contribution in [2.24, 2.45) is 0 Å². The number of hydrogen-bond donors (Lipinski definition) is 1. The summed E-state index contributed by atoms with van der Waals surface area (Å²) in [5, 5.41) is 22.7. The van der Waals surface area contributed by atoms with Gasteiger partial charge in [-0.25, -0.2) is 4.98 Å². The summed E-state index contributed by atoms with van der Waals surface area (Å²) in [7, 11) is 0. The van der Waals surface area contributed by atoms with Crippen molar-refractivity contribution < 1.29 is 19.6 Å². The van der Waals surface area contributed by atoms with Crippen molar-refractivity contribution in [2.75, 3.05) is 4.90 Å². The molecule has 1 aliphatic rings. The van der Waals surface area contributed by atoms with E-state index in [4.69, 9.17) is 0 Å². The highest BCUT2D eigenvalue weighted by atomic mass is 32.1. The van der Waals surface area contributed by atoms with Crippen molar-refractivity contribution in [3.05, 3.63) is 91.5 Å². The predicted molar refractivity (Wildman–Crippen MR) is 121 cm³/mol. The van der Waals surface area contributed by atoms with Gasteiger partial charge in [-0.2, -0.15) is 0 Å². The van der Waals surface area contributed by atoms with Gasteiger partial charge in [-0.05, 0) is 26.3 Å². The molecule has 9 heteroatoms. The monoisotopic (exact) mass is 449 g/mol. The van der Waals surface area contributed by atoms with Crippen molar-refractivity contribution >= 4 is 39.6 Å². The first kappa shape index (κ1) is 21.4. The van der Waals surface area contributed by atoms with E-state index in [0.29, 0.717) is 22.0 Å². The zero-order chi connectivity index (χ0) is 23.2. The number of amides is 1. The molecular weight excluding hydrogens is 430 g/mol. The molecule has 0 spiro atoms. The number of nitro groups is 1. The second kappa shape index (κ2) is 8.01. The van der Waals surface area contributed by atoms with Crippen molar-refractivity contribution in [1.29, 1.82) is 0 Å². The molecule has 0 saturated carbocycles. The van der Waals surface area contributed by atoms with E-state index < -0.39 is 22.7 Å². The number of nitro benzene ring substituents is 1. The van der Waals surface area contributed by atoms with Gasteiger partial charge in [0.05, 0.1) is 22.2 Å². The van der Waals surface area contributed by atoms with Gasteiger partial charge in [0, 0.05) is 22.6 Å². The molecule has 2 heterocycles. The van der Waals surface area contributed by atoms with Crippen LogP contribution in [-0.4, -0.2) is 26.7 Å². The van der Waals surface area contributed by atoms with Crippen LogP contribution in [0.4, 0.5) is 10.8 Å². The van der Waals surface area contributed by atoms with Gasteiger partial charge in [0.15, 0.2) is 5.13 Å². The van der Waals surface area contributed by atoms with E-state index in [-0.39, 0.29) is 17.0 Å². The first-order valence-electron chi connectivity index (χ1n) is 9.75. The Labute approximate surface area is 187 Å². The molecule has 32 heavy (non-hydrogen) atoms. The highest BCUT2D eigenvalue weighted by molar-refractivity contribution is 7.16. The normalized spacial score (nSPS) is 17.7. The molecule has 162 valence electrons. The molecule has 8 nitrogen and oxygen atoms in total. The zero-order valence-corrected chi connectivity index (χ0v) is 18.3. The first-order chi connectivity index (χ1) is 15.2. The van der Waals surface area contributed by atoms with Crippen molar-refractivity contribution in [1.82, 2.24) is 4.98 Å². The Morgan fingerprint density at radius 1 is 1.12 bits per heavy atom. The molecule has 0 radical (unpaired) electrons. The standard InChI is InChI=1S/C23H19N3O5S/c1-12-7-9-15(10-8-12)20(27)18-19(16-5-4-6-17(11-16)26(30)31)25(22(29)21(18)28)23-24-13(2)14(3)32-23/h4-11,19,27H,1-3H3/b20-18-. The number of nitrogens with zero attached hydrogens (tertiary/aromatic N) is 3. The van der Waals surface area contributed by atoms with Gasteiger partial charge in [-0.1, -0.05) is 42.0 Å². The predicted octanol–water partition coefficient (Wildman–Crippen LogP) is 4.60. The molecule has 1 atom stereocenters. The van der Waals surface area contributed by atoms with Gasteiger partial charge in [-0.15, -0.1) is 11.3 Å². The Kier molecular flexibility index (Phi) is 5.35. The van der Waals surface area contributed by atoms with Crippen molar-refractivity contribution in [3.8, 4) is 0 Å². The number of Topliss-reactive ketones (excluding diaryl/α,β-unsaturated/α-hetero) is 1. The lowest BCUT2D eigenvalue weighted by atomic mass is 9.95. The molecule has 1 aromatic heterocycles. The van der Waals surface area contributed by atoms with E-state index >= 15 is 0 Å². The maximum Gasteiger partial charge on any atom is 0.301 e. The van der Waals surface area contributed by atoms with Gasteiger partial charge in [0.1, 0.15) is 5.76 Å². The van der Waals surface area contributed by atoms with Gasteiger partial charge >= 0.3 is 5.91 Å². The Morgan fingerprint density at radius 2 is 1.81 bits per heavy atom. The second-order valence-corrected chi connectivity index (χ2v) is 8.71. The molecule has 1 saturated heterocycles. The Morgan fingerprint density at radius 3 is 2.41 bits per heavy atom. The SMILES string of the molecule is Cc1ccc(/C(O)=C2/C(=O)C(=O)N(c3nc(C)c(C)s3)C2c2cccc([N+](=O)[O-])c2)cc1. The van der Waals surface area contributed by atoms with Crippen LogP contribution in [0.15, 0.2) is 54.1 Å². The Balaban J connectivity index is 1.97. The summed E-state index contributed by atoms with van der Waals surface area (Å²) in [5.41, 5.74) is 2.06. The number of aliphatic hydroxyl groups excluding tert-OH is 1. The van der Waals surface area contributed by atoms with Crippen LogP contribution in [0.1, 0.15) is 33.3 Å². The van der Waals surface area contributed by atoms with Crippen LogP contribution in [0.5, 0.6) is 0 Å². The molecule has 2 aromatic carbocycles. The molecule has 1 amide bonds. The smallest absolute Gasteiger partial charge is 0.301 e. The van der Waals surface area contributed by atoms with Crippen LogP contribution in [0, 0.1) is 30.9 Å². The van der Waals surface area contributed by atoms with Crippen molar-refractivity contribution in [3.63, 3.8) is 0 Å². The van der Waals surface area contributed by atoms with Crippen LogP contribution in [-0.2, 0) is 9.59 Å². The van der Waals surface area contributed by atoms with Crippen LogP contribution >= 0.6 is 11.3 Å². The third-order valence-corrected chi connectivity index (χ3v) is 6.46. The molecule has 0 bridgehead atoms. The number of hydrogen-bond acceptors (Lipinski definition) is 7. The number of anilines is 1. The number of aromatic nitrogens is 1. The van der Waals surface area contributed by atoms with Gasteiger partial charge in [-0.3, -0.25) is 24.6 Å². The number of ketones is 1. The summed E-state index contributed by atoms with van der Waals surface area (Å²) in [4.78, 5) is 43.5. The summed E-state index contributed by atoms with van der Waals surface area (Å²) < 4.78 is 0. The number of non-ortho nitro benzene ring substituents is 1. The van der Waals surface area contributed by atoms with E-state index in [1.165, 1.54) is 34.4 Å². The van der Waals surface area contributed by atoms with Gasteiger partial charge in [0.25, 0.3) is 11.5 Å². The summed E-state index contributed by atoms with van der Waals surface area (Å²) in [6.07, 6.45) is 0. The van der Waals surface area contributed by atoms with Gasteiger partial charge in [0.2, 0.25) is 0 Å². The maximum absolute atomic E-state index is 13.1. The number of carbonyl (C=O) groups excluding carboxylic acids is 2. The fourth-order valence-electron chi connectivity index (χ4n) is 3.58. The second-order valence-electron chi connectivity index (χ2n) is 7.53. The van der Waals surface area contributed by atoms with E-state index in [0.717, 1.165) is 10.4 Å². The summed E-state index contributed by atoms with van der Waals surface area (Å²) in [6, 6.07) is 11.5. The zero-order valence-electron chi connectivity index (χ0n) is 17.5. The minimum atomic E-state index is -1.05. The lowest BCUT2D eigenvalue weighted by Gasteiger charge is -2.22. The highest BCUT2D eigenvalue weighted by Gasteiger charge is 2.48. The molecule has 1 aliphatic heterocycles. The molecule has 1 N–H and O–H groups in total. The highest BCUT2D eigenvalue weighted by Crippen LogP contribution is 2.44. The van der Waals surface area contributed by atoms with E-state index in [1.54, 1.807) is 37.3 Å². The number of thiazole rings is 1. The Hall–Kier alpha value is -3.85. The lowest BCUT2D eigenvalue weighted by Crippen LogP contribution is -2.29. The lowest BCUT2D eigenvalue weighted by molar-refractivity contribution is -0.384. The average Bonchev–Trinajstić information content (AvgIpc) is 3.23. The number of carbonyl (C=O) groups is 2. The Bertz CT molecular complexity index is 1270. The number of rotatable bonds is 4. The number of aryl methyl sites for hydroxylation is 3. The van der Waals surface area contributed by atoms with Crippen LogP contribution in [0.3, 0.4) is 0 Å². The van der Waals surface area contributed by atoms with Crippen LogP contribution in [0.25, 0.3) is 5.76 Å². The fourth-order valence-corrected chi connectivity index (χ4v) is 4.52. The van der Waals surface area contributed by atoms with Crippen molar-refractivity contribution in [2.45, 2.75) is 26.8 Å². The molecule has 3 aromatic rings. The maximum atomic E-state index is 13.1. The molecule has 1 unspecified atom stereocenters. The van der Waals surface area contributed by atoms with E-state index in [2.05, 4.69) is 4.98 Å². The molecule has 4 rings (SSSR count). The topological polar surface area (TPSA) is 114 Å². The third kappa shape index (κ3) is 3.56. The third-order valence-electron chi connectivity index (χ3n) is 5.39.